The van der Waals surface area contributed by atoms with Crippen LogP contribution in [0.4, 0.5) is 13.2 Å². The van der Waals surface area contributed by atoms with Gasteiger partial charge in [-0.25, -0.2) is 13.2 Å². The van der Waals surface area contributed by atoms with Crippen molar-refractivity contribution in [2.45, 2.75) is 12.5 Å². The summed E-state index contributed by atoms with van der Waals surface area (Å²) in [7, 11) is 0. The Kier molecular flexibility index (Phi) is 5.40. The first-order valence-electron chi connectivity index (χ1n) is 5.29. The minimum Gasteiger partial charge on any atom is -0.396 e. The lowest BCUT2D eigenvalue weighted by atomic mass is 10.1. The molecule has 0 aliphatic rings. The van der Waals surface area contributed by atoms with Crippen molar-refractivity contribution >= 4 is 0 Å². The van der Waals surface area contributed by atoms with Crippen LogP contribution in [0.3, 0.4) is 0 Å². The smallest absolute Gasteiger partial charge is 0.161 e. The molecular formula is C11H15F3N2O. The zero-order valence-electron chi connectivity index (χ0n) is 9.22. The summed E-state index contributed by atoms with van der Waals surface area (Å²) in [6.45, 7) is 0.453. The van der Waals surface area contributed by atoms with Crippen LogP contribution in [0.15, 0.2) is 12.1 Å². The highest BCUT2D eigenvalue weighted by Gasteiger charge is 2.17. The molecule has 0 saturated heterocycles. The van der Waals surface area contributed by atoms with Gasteiger partial charge in [0.1, 0.15) is 5.82 Å². The molecule has 0 amide bonds. The lowest BCUT2D eigenvalue weighted by Crippen LogP contribution is -2.30. The first-order chi connectivity index (χ1) is 8.10. The van der Waals surface area contributed by atoms with Crippen molar-refractivity contribution in [1.29, 1.82) is 0 Å². The molecule has 1 atom stereocenters. The molecular weight excluding hydrogens is 233 g/mol. The molecule has 0 saturated carbocycles. The van der Waals surface area contributed by atoms with Gasteiger partial charge in [0, 0.05) is 30.8 Å². The third kappa shape index (κ3) is 3.69. The largest absolute Gasteiger partial charge is 0.396 e. The van der Waals surface area contributed by atoms with E-state index < -0.39 is 23.5 Å². The van der Waals surface area contributed by atoms with Crippen molar-refractivity contribution in [1.82, 2.24) is 5.32 Å². The van der Waals surface area contributed by atoms with Crippen molar-refractivity contribution in [3.8, 4) is 0 Å². The summed E-state index contributed by atoms with van der Waals surface area (Å²) >= 11 is 0. The second kappa shape index (κ2) is 6.58. The molecule has 0 spiro atoms. The number of hydrogen-bond acceptors (Lipinski definition) is 3. The summed E-state index contributed by atoms with van der Waals surface area (Å²) in [6, 6.07) is 0.700. The number of rotatable bonds is 6. The molecule has 0 fully saturated rings. The highest BCUT2D eigenvalue weighted by Crippen LogP contribution is 2.19. The predicted octanol–water partition coefficient (Wildman–Crippen LogP) is 1.08. The Balaban J connectivity index is 2.84. The Hall–Kier alpha value is -1.11. The molecule has 0 radical (unpaired) electrons. The third-order valence-electron chi connectivity index (χ3n) is 2.38. The second-order valence-electron chi connectivity index (χ2n) is 3.61. The van der Waals surface area contributed by atoms with Crippen molar-refractivity contribution in [2.24, 2.45) is 5.73 Å². The van der Waals surface area contributed by atoms with Gasteiger partial charge in [0.25, 0.3) is 0 Å². The molecule has 17 heavy (non-hydrogen) atoms. The van der Waals surface area contributed by atoms with Gasteiger partial charge >= 0.3 is 0 Å². The summed E-state index contributed by atoms with van der Waals surface area (Å²) < 4.78 is 39.2. The van der Waals surface area contributed by atoms with E-state index in [4.69, 9.17) is 10.8 Å². The standard InChI is InChI=1S/C11H15F3N2O/c12-8-5-10(14)9(13)4-7(8)11(6-15)16-2-1-3-17/h4-5,11,16-17H,1-3,6,15H2. The quantitative estimate of drug-likeness (QED) is 0.521. The van der Waals surface area contributed by atoms with E-state index in [9.17, 15) is 13.2 Å². The monoisotopic (exact) mass is 248 g/mol. The summed E-state index contributed by atoms with van der Waals surface area (Å²) in [5.74, 6) is -3.17. The Morgan fingerprint density at radius 3 is 2.41 bits per heavy atom. The SMILES string of the molecule is NCC(NCCCO)c1cc(F)c(F)cc1F. The van der Waals surface area contributed by atoms with E-state index in [1.807, 2.05) is 0 Å². The minimum absolute atomic E-state index is 0.00937. The molecule has 0 aromatic heterocycles. The fourth-order valence-corrected chi connectivity index (χ4v) is 1.48. The van der Waals surface area contributed by atoms with Gasteiger partial charge in [0.05, 0.1) is 0 Å². The molecule has 0 aliphatic carbocycles. The van der Waals surface area contributed by atoms with Crippen LogP contribution in [0.2, 0.25) is 0 Å². The normalized spacial score (nSPS) is 12.8. The lowest BCUT2D eigenvalue weighted by Gasteiger charge is -2.18. The highest BCUT2D eigenvalue weighted by molar-refractivity contribution is 5.23. The average molecular weight is 248 g/mol. The molecule has 0 heterocycles. The molecule has 3 nitrogen and oxygen atoms in total. The van der Waals surface area contributed by atoms with Gasteiger partial charge in [-0.2, -0.15) is 0 Å². The van der Waals surface area contributed by atoms with Crippen molar-refractivity contribution in [2.75, 3.05) is 19.7 Å². The maximum Gasteiger partial charge on any atom is 0.161 e. The summed E-state index contributed by atoms with van der Waals surface area (Å²) in [4.78, 5) is 0. The van der Waals surface area contributed by atoms with E-state index in [1.54, 1.807) is 0 Å². The Labute approximate surface area is 97.4 Å². The molecule has 1 unspecified atom stereocenters. The number of hydrogen-bond donors (Lipinski definition) is 3. The van der Waals surface area contributed by atoms with E-state index >= 15 is 0 Å². The molecule has 0 bridgehead atoms. The van der Waals surface area contributed by atoms with Gasteiger partial charge in [-0.05, 0) is 19.0 Å². The zero-order chi connectivity index (χ0) is 12.8. The van der Waals surface area contributed by atoms with Crippen LogP contribution in [0.1, 0.15) is 18.0 Å². The first kappa shape index (κ1) is 14.0. The van der Waals surface area contributed by atoms with Crippen LogP contribution in [0.5, 0.6) is 0 Å². The summed E-state index contributed by atoms with van der Waals surface area (Å²) in [5.41, 5.74) is 5.43. The summed E-state index contributed by atoms with van der Waals surface area (Å²) in [5, 5.41) is 11.5. The van der Waals surface area contributed by atoms with Crippen LogP contribution in [-0.2, 0) is 0 Å². The Morgan fingerprint density at radius 2 is 1.82 bits per heavy atom. The maximum absolute atomic E-state index is 13.4. The second-order valence-corrected chi connectivity index (χ2v) is 3.61. The predicted molar refractivity (Wildman–Crippen MR) is 57.8 cm³/mol. The van der Waals surface area contributed by atoms with Crippen LogP contribution in [0, 0.1) is 17.5 Å². The van der Waals surface area contributed by atoms with E-state index in [-0.39, 0.29) is 18.7 Å². The van der Waals surface area contributed by atoms with Gasteiger partial charge in [-0.1, -0.05) is 0 Å². The van der Waals surface area contributed by atoms with Gasteiger partial charge < -0.3 is 16.2 Å². The number of aliphatic hydroxyl groups excluding tert-OH is 1. The van der Waals surface area contributed by atoms with Crippen molar-refractivity contribution in [3.05, 3.63) is 35.1 Å². The van der Waals surface area contributed by atoms with Crippen LogP contribution in [-0.4, -0.2) is 24.8 Å². The molecule has 0 aliphatic heterocycles. The fraction of sp³-hybridized carbons (Fsp3) is 0.455. The fourth-order valence-electron chi connectivity index (χ4n) is 1.48. The van der Waals surface area contributed by atoms with Gasteiger partial charge in [-0.3, -0.25) is 0 Å². The summed E-state index contributed by atoms with van der Waals surface area (Å²) in [6.07, 6.45) is 0.474. The number of aliphatic hydroxyl groups is 1. The van der Waals surface area contributed by atoms with Crippen LogP contribution < -0.4 is 11.1 Å². The number of nitrogens with one attached hydrogen (secondary N) is 1. The van der Waals surface area contributed by atoms with E-state index in [2.05, 4.69) is 5.32 Å². The van der Waals surface area contributed by atoms with Crippen molar-refractivity contribution < 1.29 is 18.3 Å². The van der Waals surface area contributed by atoms with E-state index in [0.29, 0.717) is 19.0 Å². The molecule has 6 heteroatoms. The Morgan fingerprint density at radius 1 is 1.18 bits per heavy atom. The van der Waals surface area contributed by atoms with E-state index in [1.165, 1.54) is 0 Å². The zero-order valence-corrected chi connectivity index (χ0v) is 9.22. The van der Waals surface area contributed by atoms with Crippen molar-refractivity contribution in [3.63, 3.8) is 0 Å². The topological polar surface area (TPSA) is 58.3 Å². The van der Waals surface area contributed by atoms with Crippen LogP contribution >= 0.6 is 0 Å². The number of benzene rings is 1. The van der Waals surface area contributed by atoms with Gasteiger partial charge in [-0.15, -0.1) is 0 Å². The number of nitrogens with two attached hydrogens (primary N) is 1. The molecule has 4 N–H and O–H groups in total. The van der Waals surface area contributed by atoms with Crippen LogP contribution in [0.25, 0.3) is 0 Å². The number of halogens is 3. The minimum atomic E-state index is -1.22. The van der Waals surface area contributed by atoms with E-state index in [0.717, 1.165) is 6.07 Å². The molecule has 1 aromatic rings. The molecule has 1 rings (SSSR count). The molecule has 96 valence electrons. The Bertz CT molecular complexity index is 374. The first-order valence-corrected chi connectivity index (χ1v) is 5.29. The maximum atomic E-state index is 13.4. The highest BCUT2D eigenvalue weighted by atomic mass is 19.2. The lowest BCUT2D eigenvalue weighted by molar-refractivity contribution is 0.283. The van der Waals surface area contributed by atoms with Gasteiger partial charge in [0.2, 0.25) is 0 Å². The third-order valence-corrected chi connectivity index (χ3v) is 2.38. The van der Waals surface area contributed by atoms with Gasteiger partial charge in [0.15, 0.2) is 11.6 Å². The average Bonchev–Trinajstić information content (AvgIpc) is 2.30. The molecule has 1 aromatic carbocycles.